The molecular formula is C11H9BrClN3O. The zero-order valence-corrected chi connectivity index (χ0v) is 11.4. The SMILES string of the molecule is Cn1nnc(Br)c1C(=O)Cc1ccc(Cl)cc1. The molecule has 0 aliphatic rings. The van der Waals surface area contributed by atoms with Gasteiger partial charge in [-0.2, -0.15) is 0 Å². The van der Waals surface area contributed by atoms with E-state index in [4.69, 9.17) is 11.6 Å². The summed E-state index contributed by atoms with van der Waals surface area (Å²) in [4.78, 5) is 12.0. The number of benzene rings is 1. The molecule has 0 spiro atoms. The number of nitrogens with zero attached hydrogens (tertiary/aromatic N) is 3. The third-order valence-electron chi connectivity index (χ3n) is 2.33. The number of halogens is 2. The van der Waals surface area contributed by atoms with Gasteiger partial charge in [-0.1, -0.05) is 28.9 Å². The van der Waals surface area contributed by atoms with Gasteiger partial charge in [0, 0.05) is 18.5 Å². The molecule has 17 heavy (non-hydrogen) atoms. The van der Waals surface area contributed by atoms with Crippen LogP contribution in [0.1, 0.15) is 16.1 Å². The number of carbonyl (C=O) groups is 1. The number of aromatic nitrogens is 3. The molecule has 0 radical (unpaired) electrons. The van der Waals surface area contributed by atoms with Crippen molar-refractivity contribution in [2.45, 2.75) is 6.42 Å². The van der Waals surface area contributed by atoms with Crippen LogP contribution in [0.4, 0.5) is 0 Å². The van der Waals surface area contributed by atoms with Crippen molar-refractivity contribution in [1.82, 2.24) is 15.0 Å². The highest BCUT2D eigenvalue weighted by Crippen LogP contribution is 2.16. The van der Waals surface area contributed by atoms with Gasteiger partial charge in [0.1, 0.15) is 5.69 Å². The summed E-state index contributed by atoms with van der Waals surface area (Å²) in [5.41, 5.74) is 1.38. The molecule has 0 atom stereocenters. The lowest BCUT2D eigenvalue weighted by Gasteiger charge is -2.02. The molecule has 6 heteroatoms. The van der Waals surface area contributed by atoms with Crippen LogP contribution in [0.2, 0.25) is 5.02 Å². The van der Waals surface area contributed by atoms with Crippen LogP contribution in [0, 0.1) is 0 Å². The first-order chi connectivity index (χ1) is 8.08. The summed E-state index contributed by atoms with van der Waals surface area (Å²) < 4.78 is 1.93. The van der Waals surface area contributed by atoms with E-state index in [1.807, 2.05) is 12.1 Å². The van der Waals surface area contributed by atoms with Crippen LogP contribution < -0.4 is 0 Å². The van der Waals surface area contributed by atoms with Gasteiger partial charge in [0.2, 0.25) is 0 Å². The van der Waals surface area contributed by atoms with Crippen molar-refractivity contribution in [3.8, 4) is 0 Å². The van der Waals surface area contributed by atoms with Gasteiger partial charge in [-0.15, -0.1) is 5.10 Å². The lowest BCUT2D eigenvalue weighted by Crippen LogP contribution is -2.10. The molecule has 4 nitrogen and oxygen atoms in total. The van der Waals surface area contributed by atoms with Crippen molar-refractivity contribution >= 4 is 33.3 Å². The highest BCUT2D eigenvalue weighted by Gasteiger charge is 2.16. The maximum Gasteiger partial charge on any atom is 0.188 e. The van der Waals surface area contributed by atoms with Gasteiger partial charge < -0.3 is 0 Å². The molecule has 0 N–H and O–H groups in total. The Kier molecular flexibility index (Phi) is 3.59. The van der Waals surface area contributed by atoms with E-state index < -0.39 is 0 Å². The van der Waals surface area contributed by atoms with Crippen molar-refractivity contribution in [1.29, 1.82) is 0 Å². The molecule has 0 saturated heterocycles. The predicted molar refractivity (Wildman–Crippen MR) is 68.2 cm³/mol. The molecule has 0 unspecified atom stereocenters. The monoisotopic (exact) mass is 313 g/mol. The number of carbonyl (C=O) groups excluding carboxylic acids is 1. The van der Waals surface area contributed by atoms with Crippen molar-refractivity contribution < 1.29 is 4.79 Å². The lowest BCUT2D eigenvalue weighted by atomic mass is 10.1. The number of hydrogen-bond donors (Lipinski definition) is 0. The minimum atomic E-state index is -0.0355. The van der Waals surface area contributed by atoms with E-state index in [0.717, 1.165) is 5.56 Å². The molecule has 1 aromatic carbocycles. The Morgan fingerprint density at radius 1 is 1.41 bits per heavy atom. The minimum absolute atomic E-state index is 0.0355. The van der Waals surface area contributed by atoms with Crippen molar-refractivity contribution in [2.75, 3.05) is 0 Å². The normalized spacial score (nSPS) is 10.5. The lowest BCUT2D eigenvalue weighted by molar-refractivity contribution is 0.0983. The Hall–Kier alpha value is -1.20. The second-order valence-corrected chi connectivity index (χ2v) is 4.77. The fourth-order valence-corrected chi connectivity index (χ4v) is 2.17. The molecule has 0 bridgehead atoms. The summed E-state index contributed by atoms with van der Waals surface area (Å²) in [6, 6.07) is 7.19. The molecule has 0 amide bonds. The van der Waals surface area contributed by atoms with Crippen LogP contribution in [-0.4, -0.2) is 20.8 Å². The Balaban J connectivity index is 2.20. The fraction of sp³-hybridized carbons (Fsp3) is 0.182. The molecule has 2 aromatic rings. The molecule has 0 aliphatic heterocycles. The summed E-state index contributed by atoms with van der Waals surface area (Å²) >= 11 is 8.99. The summed E-state index contributed by atoms with van der Waals surface area (Å²) in [5, 5.41) is 8.21. The third-order valence-corrected chi connectivity index (χ3v) is 3.11. The average Bonchev–Trinajstić information content (AvgIpc) is 2.62. The van der Waals surface area contributed by atoms with Gasteiger partial charge >= 0.3 is 0 Å². The number of rotatable bonds is 3. The molecule has 0 fully saturated rings. The maximum absolute atomic E-state index is 12.0. The van der Waals surface area contributed by atoms with Crippen LogP contribution in [0.25, 0.3) is 0 Å². The summed E-state index contributed by atoms with van der Waals surface area (Å²) in [6.45, 7) is 0. The van der Waals surface area contributed by atoms with Crippen molar-refractivity contribution in [2.24, 2.45) is 7.05 Å². The van der Waals surface area contributed by atoms with E-state index in [-0.39, 0.29) is 5.78 Å². The Labute approximate surface area is 112 Å². The zero-order valence-electron chi connectivity index (χ0n) is 9.02. The van der Waals surface area contributed by atoms with E-state index in [9.17, 15) is 4.79 Å². The van der Waals surface area contributed by atoms with E-state index in [0.29, 0.717) is 21.7 Å². The molecule has 2 rings (SSSR count). The predicted octanol–water partition coefficient (Wildman–Crippen LogP) is 2.66. The summed E-state index contributed by atoms with van der Waals surface area (Å²) in [5.74, 6) is -0.0355. The first-order valence-electron chi connectivity index (χ1n) is 4.90. The smallest absolute Gasteiger partial charge is 0.188 e. The van der Waals surface area contributed by atoms with Crippen molar-refractivity contribution in [3.05, 3.63) is 45.1 Å². The largest absolute Gasteiger partial charge is 0.292 e. The zero-order chi connectivity index (χ0) is 12.4. The number of ketones is 1. The van der Waals surface area contributed by atoms with Crippen LogP contribution in [0.5, 0.6) is 0 Å². The molecule has 88 valence electrons. The number of Topliss-reactive ketones (excluding diaryl/α,β-unsaturated/α-hetero) is 1. The Morgan fingerprint density at radius 3 is 2.59 bits per heavy atom. The molecular weight excluding hydrogens is 305 g/mol. The van der Waals surface area contributed by atoms with E-state index >= 15 is 0 Å². The van der Waals surface area contributed by atoms with Crippen LogP contribution in [0.3, 0.4) is 0 Å². The van der Waals surface area contributed by atoms with E-state index in [1.165, 1.54) is 4.68 Å². The van der Waals surface area contributed by atoms with E-state index in [1.54, 1.807) is 19.2 Å². The summed E-state index contributed by atoms with van der Waals surface area (Å²) in [6.07, 6.45) is 0.303. The molecule has 0 aliphatic carbocycles. The van der Waals surface area contributed by atoms with Gasteiger partial charge in [-0.05, 0) is 33.6 Å². The first-order valence-corrected chi connectivity index (χ1v) is 6.08. The fourth-order valence-electron chi connectivity index (χ4n) is 1.50. The topological polar surface area (TPSA) is 47.8 Å². The highest BCUT2D eigenvalue weighted by atomic mass is 79.9. The minimum Gasteiger partial charge on any atom is -0.292 e. The standard InChI is InChI=1S/C11H9BrClN3O/c1-16-10(11(12)14-15-16)9(17)6-7-2-4-8(13)5-3-7/h2-5H,6H2,1H3. The molecule has 1 heterocycles. The second kappa shape index (κ2) is 4.98. The Bertz CT molecular complexity index is 531. The number of aryl methyl sites for hydroxylation is 1. The van der Waals surface area contributed by atoms with Gasteiger partial charge in [-0.3, -0.25) is 4.79 Å². The number of hydrogen-bond acceptors (Lipinski definition) is 3. The van der Waals surface area contributed by atoms with Crippen molar-refractivity contribution in [3.63, 3.8) is 0 Å². The summed E-state index contributed by atoms with van der Waals surface area (Å²) in [7, 11) is 1.69. The van der Waals surface area contributed by atoms with Gasteiger partial charge in [0.25, 0.3) is 0 Å². The second-order valence-electron chi connectivity index (χ2n) is 3.58. The van der Waals surface area contributed by atoms with Crippen LogP contribution in [0.15, 0.2) is 28.9 Å². The quantitative estimate of drug-likeness (QED) is 0.818. The first kappa shape index (κ1) is 12.3. The van der Waals surface area contributed by atoms with Gasteiger partial charge in [0.05, 0.1) is 0 Å². The maximum atomic E-state index is 12.0. The highest BCUT2D eigenvalue weighted by molar-refractivity contribution is 9.10. The average molecular weight is 315 g/mol. The third kappa shape index (κ3) is 2.73. The van der Waals surface area contributed by atoms with Crippen LogP contribution in [-0.2, 0) is 13.5 Å². The van der Waals surface area contributed by atoms with E-state index in [2.05, 4.69) is 26.2 Å². The molecule has 1 aromatic heterocycles. The van der Waals surface area contributed by atoms with Gasteiger partial charge in [0.15, 0.2) is 10.4 Å². The van der Waals surface area contributed by atoms with Crippen LogP contribution >= 0.6 is 27.5 Å². The Morgan fingerprint density at radius 2 is 2.06 bits per heavy atom. The van der Waals surface area contributed by atoms with Gasteiger partial charge in [-0.25, -0.2) is 4.68 Å². The molecule has 0 saturated carbocycles.